The summed E-state index contributed by atoms with van der Waals surface area (Å²) < 4.78 is 5.20. The monoisotopic (exact) mass is 531 g/mol. The highest BCUT2D eigenvalue weighted by Gasteiger charge is 2.25. The molecule has 0 unspecified atom stereocenters. The summed E-state index contributed by atoms with van der Waals surface area (Å²) in [6, 6.07) is 23.8. The molecule has 3 N–H and O–H groups in total. The first-order valence-corrected chi connectivity index (χ1v) is 13.5. The molecule has 0 aliphatic rings. The van der Waals surface area contributed by atoms with Gasteiger partial charge in [0.25, 0.3) is 11.8 Å². The predicted octanol–water partition coefficient (Wildman–Crippen LogP) is 4.45. The van der Waals surface area contributed by atoms with Crippen molar-refractivity contribution in [2.45, 2.75) is 64.9 Å². The lowest BCUT2D eigenvalue weighted by Gasteiger charge is -2.31. The molecule has 0 heterocycles. The first-order valence-electron chi connectivity index (χ1n) is 13.5. The molecule has 7 heteroatoms. The van der Waals surface area contributed by atoms with Crippen molar-refractivity contribution in [2.75, 3.05) is 13.7 Å². The third kappa shape index (κ3) is 8.67. The molecule has 7 nitrogen and oxygen atoms in total. The smallest absolute Gasteiger partial charge is 0.254 e. The van der Waals surface area contributed by atoms with Gasteiger partial charge in [-0.15, -0.1) is 0 Å². The zero-order valence-corrected chi connectivity index (χ0v) is 23.6. The van der Waals surface area contributed by atoms with Crippen LogP contribution < -0.4 is 15.4 Å². The lowest BCUT2D eigenvalue weighted by molar-refractivity contribution is 0.0643. The molecule has 3 aromatic rings. The second-order valence-electron chi connectivity index (χ2n) is 10.3. The number of carbonyl (C=O) groups excluding carboxylic acids is 2. The van der Waals surface area contributed by atoms with E-state index in [4.69, 9.17) is 4.74 Å². The molecule has 39 heavy (non-hydrogen) atoms. The Balaban J connectivity index is 1.72. The molecule has 0 bridgehead atoms. The van der Waals surface area contributed by atoms with Crippen molar-refractivity contribution >= 4 is 11.8 Å². The van der Waals surface area contributed by atoms with Gasteiger partial charge in [0.1, 0.15) is 5.75 Å². The normalized spacial score (nSPS) is 12.7. The molecule has 0 saturated carbocycles. The number of nitrogens with zero attached hydrogens (tertiary/aromatic N) is 1. The standard InChI is InChI=1S/C32H41N3O4/c1-22(2)35(23(3)4)32(38)27-13-9-12-26(19-27)31(37)34-29(18-24-10-7-6-8-11-24)30(36)21-33-20-25-14-16-28(39-5)17-15-25/h6-17,19,22-23,29-30,33,36H,18,20-21H2,1-5H3,(H,34,37)/t29-,30-/m0/s1. The van der Waals surface area contributed by atoms with Gasteiger partial charge in [-0.2, -0.15) is 0 Å². The van der Waals surface area contributed by atoms with E-state index in [2.05, 4.69) is 10.6 Å². The number of hydrogen-bond acceptors (Lipinski definition) is 5. The summed E-state index contributed by atoms with van der Waals surface area (Å²) >= 11 is 0. The summed E-state index contributed by atoms with van der Waals surface area (Å²) in [6.45, 7) is 8.78. The van der Waals surface area contributed by atoms with E-state index < -0.39 is 12.1 Å². The van der Waals surface area contributed by atoms with Gasteiger partial charge in [-0.3, -0.25) is 9.59 Å². The van der Waals surface area contributed by atoms with E-state index in [1.54, 1.807) is 36.3 Å². The summed E-state index contributed by atoms with van der Waals surface area (Å²) in [7, 11) is 1.63. The maximum absolute atomic E-state index is 13.3. The van der Waals surface area contributed by atoms with Crippen molar-refractivity contribution in [3.05, 3.63) is 101 Å². The fourth-order valence-corrected chi connectivity index (χ4v) is 4.66. The van der Waals surface area contributed by atoms with E-state index in [9.17, 15) is 14.7 Å². The topological polar surface area (TPSA) is 90.9 Å². The second-order valence-corrected chi connectivity index (χ2v) is 10.3. The summed E-state index contributed by atoms with van der Waals surface area (Å²) in [4.78, 5) is 28.3. The number of amides is 2. The maximum atomic E-state index is 13.3. The molecule has 0 radical (unpaired) electrons. The number of nitrogens with one attached hydrogen (secondary N) is 2. The Labute approximate surface area is 232 Å². The number of methoxy groups -OCH3 is 1. The molecule has 3 aromatic carbocycles. The number of benzene rings is 3. The van der Waals surface area contributed by atoms with E-state index in [1.165, 1.54) is 0 Å². The lowest BCUT2D eigenvalue weighted by atomic mass is 10.00. The van der Waals surface area contributed by atoms with Gasteiger partial charge in [-0.1, -0.05) is 48.5 Å². The first-order chi connectivity index (χ1) is 18.7. The van der Waals surface area contributed by atoms with Crippen molar-refractivity contribution in [1.29, 1.82) is 0 Å². The predicted molar refractivity (Wildman–Crippen MR) is 155 cm³/mol. The molecular formula is C32H41N3O4. The van der Waals surface area contributed by atoms with Crippen LogP contribution in [0, 0.1) is 0 Å². The number of carbonyl (C=O) groups is 2. The van der Waals surface area contributed by atoms with Gasteiger partial charge in [0.05, 0.1) is 19.3 Å². The van der Waals surface area contributed by atoms with E-state index in [0.29, 0.717) is 30.6 Å². The van der Waals surface area contributed by atoms with Crippen LogP contribution in [-0.4, -0.2) is 59.7 Å². The number of rotatable bonds is 13. The fourth-order valence-electron chi connectivity index (χ4n) is 4.66. The Bertz CT molecular complexity index is 1190. The van der Waals surface area contributed by atoms with E-state index >= 15 is 0 Å². The number of ether oxygens (including phenoxy) is 1. The van der Waals surface area contributed by atoms with Crippen LogP contribution >= 0.6 is 0 Å². The Morgan fingerprint density at radius 2 is 1.49 bits per heavy atom. The van der Waals surface area contributed by atoms with Crippen LogP contribution in [-0.2, 0) is 13.0 Å². The average molecular weight is 532 g/mol. The van der Waals surface area contributed by atoms with Gasteiger partial charge in [-0.05, 0) is 75.6 Å². The van der Waals surface area contributed by atoms with Crippen molar-refractivity contribution in [3.63, 3.8) is 0 Å². The van der Waals surface area contributed by atoms with Gasteiger partial charge in [0.2, 0.25) is 0 Å². The third-order valence-electron chi connectivity index (χ3n) is 6.64. The van der Waals surface area contributed by atoms with Crippen LogP contribution in [0.2, 0.25) is 0 Å². The minimum atomic E-state index is -0.838. The molecule has 2 amide bonds. The molecule has 208 valence electrons. The largest absolute Gasteiger partial charge is 0.497 e. The van der Waals surface area contributed by atoms with E-state index in [-0.39, 0.29) is 23.9 Å². The molecule has 3 rings (SSSR count). The number of hydrogen-bond donors (Lipinski definition) is 3. The molecular weight excluding hydrogens is 490 g/mol. The maximum Gasteiger partial charge on any atom is 0.254 e. The molecule has 0 aromatic heterocycles. The number of aliphatic hydroxyl groups excluding tert-OH is 1. The van der Waals surface area contributed by atoms with Gasteiger partial charge in [0.15, 0.2) is 0 Å². The van der Waals surface area contributed by atoms with Crippen LogP contribution in [0.5, 0.6) is 5.75 Å². The Hall–Kier alpha value is -3.68. The van der Waals surface area contributed by atoms with Crippen molar-refractivity contribution in [2.24, 2.45) is 0 Å². The molecule has 0 fully saturated rings. The van der Waals surface area contributed by atoms with Crippen LogP contribution in [0.4, 0.5) is 0 Å². The van der Waals surface area contributed by atoms with Crippen LogP contribution in [0.15, 0.2) is 78.9 Å². The third-order valence-corrected chi connectivity index (χ3v) is 6.64. The molecule has 0 aliphatic heterocycles. The van der Waals surface area contributed by atoms with Crippen molar-refractivity contribution < 1.29 is 19.4 Å². The van der Waals surface area contributed by atoms with Gasteiger partial charge in [-0.25, -0.2) is 0 Å². The minimum absolute atomic E-state index is 0.0331. The van der Waals surface area contributed by atoms with Crippen LogP contribution in [0.25, 0.3) is 0 Å². The van der Waals surface area contributed by atoms with Crippen molar-refractivity contribution in [3.8, 4) is 5.75 Å². The van der Waals surface area contributed by atoms with Crippen LogP contribution in [0.1, 0.15) is 59.5 Å². The highest BCUT2D eigenvalue weighted by molar-refractivity contribution is 6.00. The van der Waals surface area contributed by atoms with E-state index in [0.717, 1.165) is 16.9 Å². The van der Waals surface area contributed by atoms with Gasteiger partial charge in [0, 0.05) is 36.3 Å². The summed E-state index contributed by atoms with van der Waals surface area (Å²) in [5, 5.41) is 17.4. The lowest BCUT2D eigenvalue weighted by Crippen LogP contribution is -2.48. The summed E-state index contributed by atoms with van der Waals surface area (Å²) in [5.41, 5.74) is 2.91. The summed E-state index contributed by atoms with van der Waals surface area (Å²) in [6.07, 6.45) is -0.375. The second kappa shape index (κ2) is 14.5. The minimum Gasteiger partial charge on any atom is -0.497 e. The zero-order valence-electron chi connectivity index (χ0n) is 23.6. The fraction of sp³-hybridized carbons (Fsp3) is 0.375. The quantitative estimate of drug-likeness (QED) is 0.303. The summed E-state index contributed by atoms with van der Waals surface area (Å²) in [5.74, 6) is 0.343. The Morgan fingerprint density at radius 3 is 2.10 bits per heavy atom. The van der Waals surface area contributed by atoms with Crippen molar-refractivity contribution in [1.82, 2.24) is 15.5 Å². The van der Waals surface area contributed by atoms with Gasteiger partial charge < -0.3 is 25.4 Å². The molecule has 0 aliphatic carbocycles. The molecule has 0 saturated heterocycles. The highest BCUT2D eigenvalue weighted by atomic mass is 16.5. The Morgan fingerprint density at radius 1 is 0.846 bits per heavy atom. The first kappa shape index (κ1) is 29.9. The number of aliphatic hydroxyl groups is 1. The molecule has 0 spiro atoms. The Kier molecular flexibility index (Phi) is 11.1. The van der Waals surface area contributed by atoms with E-state index in [1.807, 2.05) is 82.3 Å². The van der Waals surface area contributed by atoms with Crippen LogP contribution in [0.3, 0.4) is 0 Å². The average Bonchev–Trinajstić information content (AvgIpc) is 2.93. The zero-order chi connectivity index (χ0) is 28.4. The SMILES string of the molecule is COc1ccc(CNC[C@H](O)[C@H](Cc2ccccc2)NC(=O)c2cccc(C(=O)N(C(C)C)C(C)C)c2)cc1. The highest BCUT2D eigenvalue weighted by Crippen LogP contribution is 2.15. The molecule has 2 atom stereocenters. The van der Waals surface area contributed by atoms with Gasteiger partial charge >= 0.3 is 0 Å².